The molecule has 2 aromatic carbocycles. The molecular formula is C28H37Cl2N5O. The van der Waals surface area contributed by atoms with E-state index < -0.39 is 0 Å². The molecule has 2 aliphatic rings. The van der Waals surface area contributed by atoms with Crippen molar-refractivity contribution in [3.05, 3.63) is 69.6 Å². The summed E-state index contributed by atoms with van der Waals surface area (Å²) in [4.78, 5) is 18.5. The molecule has 0 aromatic heterocycles. The summed E-state index contributed by atoms with van der Waals surface area (Å²) in [6, 6.07) is 12.1. The summed E-state index contributed by atoms with van der Waals surface area (Å²) in [6.07, 6.45) is 7.65. The van der Waals surface area contributed by atoms with Gasteiger partial charge in [0.15, 0.2) is 0 Å². The van der Waals surface area contributed by atoms with Crippen LogP contribution in [0.2, 0.25) is 10.0 Å². The number of hydrogen-bond donors (Lipinski definition) is 2. The van der Waals surface area contributed by atoms with E-state index in [0.717, 1.165) is 67.5 Å². The average molecular weight is 531 g/mol. The van der Waals surface area contributed by atoms with E-state index in [0.29, 0.717) is 29.1 Å². The van der Waals surface area contributed by atoms with Crippen LogP contribution < -0.4 is 15.5 Å². The number of likely N-dealkylation sites (tertiary alicyclic amines) is 1. The molecule has 2 fully saturated rings. The number of hydrogen-bond acceptors (Lipinski definition) is 5. The highest BCUT2D eigenvalue weighted by Crippen LogP contribution is 2.26. The summed E-state index contributed by atoms with van der Waals surface area (Å²) >= 11 is 12.3. The highest BCUT2D eigenvalue weighted by atomic mass is 35.5. The highest BCUT2D eigenvalue weighted by Gasteiger charge is 2.20. The Morgan fingerprint density at radius 3 is 2.64 bits per heavy atom. The number of nitrogens with zero attached hydrogens (tertiary/aromatic N) is 3. The van der Waals surface area contributed by atoms with Gasteiger partial charge in [-0.3, -0.25) is 4.79 Å². The summed E-state index contributed by atoms with van der Waals surface area (Å²) in [7, 11) is 0. The predicted molar refractivity (Wildman–Crippen MR) is 151 cm³/mol. The van der Waals surface area contributed by atoms with E-state index in [4.69, 9.17) is 23.2 Å². The molecule has 2 aliphatic heterocycles. The van der Waals surface area contributed by atoms with Gasteiger partial charge in [-0.1, -0.05) is 29.3 Å². The van der Waals surface area contributed by atoms with Crippen molar-refractivity contribution in [3.8, 4) is 0 Å². The monoisotopic (exact) mass is 529 g/mol. The van der Waals surface area contributed by atoms with Crippen LogP contribution in [-0.4, -0.2) is 61.5 Å². The summed E-state index contributed by atoms with van der Waals surface area (Å²) in [5.74, 6) is 1.14. The highest BCUT2D eigenvalue weighted by molar-refractivity contribution is 6.35. The van der Waals surface area contributed by atoms with Gasteiger partial charge < -0.3 is 25.3 Å². The molecule has 1 atom stereocenters. The van der Waals surface area contributed by atoms with Crippen LogP contribution in [0.15, 0.2) is 48.4 Å². The number of nitrogens with one attached hydrogen (secondary N) is 2. The topological polar surface area (TPSA) is 50.9 Å². The van der Waals surface area contributed by atoms with Crippen molar-refractivity contribution in [2.45, 2.75) is 45.6 Å². The van der Waals surface area contributed by atoms with Gasteiger partial charge in [0.2, 0.25) is 6.41 Å². The number of benzene rings is 2. The van der Waals surface area contributed by atoms with Crippen LogP contribution in [0, 0.1) is 6.92 Å². The van der Waals surface area contributed by atoms with Gasteiger partial charge in [-0.25, -0.2) is 0 Å². The van der Waals surface area contributed by atoms with Gasteiger partial charge in [0.05, 0.1) is 0 Å². The molecular weight excluding hydrogens is 493 g/mol. The van der Waals surface area contributed by atoms with E-state index in [9.17, 15) is 4.79 Å². The minimum Gasteiger partial charge on any atom is -0.374 e. The van der Waals surface area contributed by atoms with E-state index in [2.05, 4.69) is 52.6 Å². The van der Waals surface area contributed by atoms with Crippen molar-refractivity contribution < 1.29 is 4.79 Å². The maximum atomic E-state index is 11.9. The molecule has 4 rings (SSSR count). The SMILES string of the molecule is Cc1cc(N(C=O)CCc2ccc(Cl)cc2Cl)ccc1N/C(=C/N1CCCCC1)N1CCN[C@@H](C)C1. The standard InChI is InChI=1S/C28H37Cl2N5O/c1-21-16-25(35(20-36)14-10-23-6-7-24(29)17-26(23)30)8-9-27(21)32-28(19-33-12-4-3-5-13-33)34-15-11-31-22(2)18-34/h6-9,16-17,19-20,22,31-32H,3-5,10-15,18H2,1-2H3/b28-19-/t22-/m0/s1. The zero-order chi connectivity index (χ0) is 25.5. The van der Waals surface area contributed by atoms with Crippen molar-refractivity contribution in [2.24, 2.45) is 0 Å². The van der Waals surface area contributed by atoms with Crippen LogP contribution in [0.4, 0.5) is 11.4 Å². The van der Waals surface area contributed by atoms with Gasteiger partial charge in [-0.15, -0.1) is 0 Å². The van der Waals surface area contributed by atoms with Crippen molar-refractivity contribution in [1.29, 1.82) is 0 Å². The normalized spacial score (nSPS) is 18.8. The minimum absolute atomic E-state index is 0.448. The first-order chi connectivity index (χ1) is 17.4. The number of piperidine rings is 1. The largest absolute Gasteiger partial charge is 0.374 e. The lowest BCUT2D eigenvalue weighted by Crippen LogP contribution is -2.50. The van der Waals surface area contributed by atoms with Crippen LogP contribution in [0.5, 0.6) is 0 Å². The Balaban J connectivity index is 1.48. The number of carbonyl (C=O) groups is 1. The Morgan fingerprint density at radius 1 is 1.14 bits per heavy atom. The van der Waals surface area contributed by atoms with Crippen molar-refractivity contribution >= 4 is 41.0 Å². The summed E-state index contributed by atoms with van der Waals surface area (Å²) in [5.41, 5.74) is 3.99. The number of carbonyl (C=O) groups excluding carboxylic acids is 1. The third-order valence-corrected chi connectivity index (χ3v) is 7.56. The number of amides is 1. The van der Waals surface area contributed by atoms with E-state index >= 15 is 0 Å². The van der Waals surface area contributed by atoms with Crippen LogP contribution in [-0.2, 0) is 11.2 Å². The molecule has 2 saturated heterocycles. The molecule has 1 amide bonds. The third kappa shape index (κ3) is 7.09. The Kier molecular flexibility index (Phi) is 9.41. The first-order valence-electron chi connectivity index (χ1n) is 12.9. The van der Waals surface area contributed by atoms with Crippen LogP contribution in [0.1, 0.15) is 37.3 Å². The second-order valence-electron chi connectivity index (χ2n) is 9.82. The number of anilines is 2. The zero-order valence-electron chi connectivity index (χ0n) is 21.3. The van der Waals surface area contributed by atoms with Crippen LogP contribution in [0.25, 0.3) is 0 Å². The molecule has 0 saturated carbocycles. The predicted octanol–water partition coefficient (Wildman–Crippen LogP) is 5.50. The van der Waals surface area contributed by atoms with E-state index in [1.165, 1.54) is 19.3 Å². The smallest absolute Gasteiger partial charge is 0.214 e. The fourth-order valence-electron chi connectivity index (χ4n) is 4.88. The molecule has 194 valence electrons. The molecule has 0 aliphatic carbocycles. The van der Waals surface area contributed by atoms with Crippen molar-refractivity contribution in [2.75, 3.05) is 49.5 Å². The Bertz CT molecular complexity index is 1070. The minimum atomic E-state index is 0.448. The Labute approximate surface area is 225 Å². The number of piperazine rings is 1. The number of halogens is 2. The molecule has 0 radical (unpaired) electrons. The lowest BCUT2D eigenvalue weighted by molar-refractivity contribution is -0.107. The average Bonchev–Trinajstić information content (AvgIpc) is 2.87. The molecule has 0 bridgehead atoms. The van der Waals surface area contributed by atoms with E-state index in [-0.39, 0.29) is 0 Å². The third-order valence-electron chi connectivity index (χ3n) is 6.97. The number of rotatable bonds is 9. The second kappa shape index (κ2) is 12.7. The van der Waals surface area contributed by atoms with Crippen molar-refractivity contribution in [3.63, 3.8) is 0 Å². The first kappa shape index (κ1) is 26.6. The molecule has 0 unspecified atom stereocenters. The van der Waals surface area contributed by atoms with Gasteiger partial charge in [-0.2, -0.15) is 0 Å². The van der Waals surface area contributed by atoms with Crippen LogP contribution >= 0.6 is 23.2 Å². The summed E-state index contributed by atoms with van der Waals surface area (Å²) < 4.78 is 0. The van der Waals surface area contributed by atoms with Gasteiger partial charge in [-0.05, 0) is 81.0 Å². The Morgan fingerprint density at radius 2 is 1.94 bits per heavy atom. The first-order valence-corrected chi connectivity index (χ1v) is 13.7. The van der Waals surface area contributed by atoms with Gasteiger partial charge in [0, 0.05) is 72.9 Å². The van der Waals surface area contributed by atoms with E-state index in [1.807, 2.05) is 18.2 Å². The molecule has 2 aromatic rings. The second-order valence-corrected chi connectivity index (χ2v) is 10.7. The Hall–Kier alpha value is -2.41. The van der Waals surface area contributed by atoms with Crippen LogP contribution in [0.3, 0.4) is 0 Å². The number of aryl methyl sites for hydroxylation is 1. The summed E-state index contributed by atoms with van der Waals surface area (Å²) in [5, 5.41) is 8.49. The molecule has 2 N–H and O–H groups in total. The lowest BCUT2D eigenvalue weighted by Gasteiger charge is -2.37. The molecule has 36 heavy (non-hydrogen) atoms. The van der Waals surface area contributed by atoms with Gasteiger partial charge in [0.25, 0.3) is 0 Å². The maximum absolute atomic E-state index is 11.9. The van der Waals surface area contributed by atoms with Crippen molar-refractivity contribution in [1.82, 2.24) is 15.1 Å². The molecule has 2 heterocycles. The fourth-order valence-corrected chi connectivity index (χ4v) is 5.38. The molecule has 6 nitrogen and oxygen atoms in total. The molecule has 8 heteroatoms. The quantitative estimate of drug-likeness (QED) is 0.420. The fraction of sp³-hybridized carbons (Fsp3) is 0.464. The van der Waals surface area contributed by atoms with Gasteiger partial charge in [0.1, 0.15) is 5.82 Å². The summed E-state index contributed by atoms with van der Waals surface area (Å²) in [6.45, 7) is 9.99. The zero-order valence-corrected chi connectivity index (χ0v) is 22.8. The molecule has 0 spiro atoms. The maximum Gasteiger partial charge on any atom is 0.214 e. The lowest BCUT2D eigenvalue weighted by atomic mass is 10.1. The van der Waals surface area contributed by atoms with E-state index in [1.54, 1.807) is 11.0 Å². The van der Waals surface area contributed by atoms with Gasteiger partial charge >= 0.3 is 0 Å².